The minimum Gasteiger partial charge on any atom is -0.508 e. The molecule has 1 saturated heterocycles. The summed E-state index contributed by atoms with van der Waals surface area (Å²) in [4.78, 5) is 14.6. The van der Waals surface area contributed by atoms with Crippen LogP contribution in [-0.2, 0) is 11.3 Å². The number of rotatable bonds is 4. The van der Waals surface area contributed by atoms with Gasteiger partial charge in [0.05, 0.1) is 6.61 Å². The number of likely N-dealkylation sites (tertiary alicyclic amines) is 1. The van der Waals surface area contributed by atoms with Crippen LogP contribution in [0.25, 0.3) is 0 Å². The van der Waals surface area contributed by atoms with E-state index in [-0.39, 0.29) is 36.1 Å². The molecule has 0 unspecified atom stereocenters. The van der Waals surface area contributed by atoms with E-state index >= 15 is 0 Å². The van der Waals surface area contributed by atoms with Crippen LogP contribution in [-0.4, -0.2) is 33.5 Å². The second kappa shape index (κ2) is 7.16. The first kappa shape index (κ1) is 16.7. The summed E-state index contributed by atoms with van der Waals surface area (Å²) in [6.07, 6.45) is 0.458. The van der Waals surface area contributed by atoms with E-state index in [0.717, 1.165) is 11.1 Å². The van der Waals surface area contributed by atoms with Gasteiger partial charge < -0.3 is 10.2 Å². The van der Waals surface area contributed by atoms with Gasteiger partial charge in [0.1, 0.15) is 11.5 Å². The molecule has 2 aromatic rings. The lowest BCUT2D eigenvalue weighted by Gasteiger charge is -2.44. The van der Waals surface area contributed by atoms with Crippen LogP contribution in [0.2, 0.25) is 0 Å². The third-order valence-electron chi connectivity index (χ3n) is 4.98. The molecule has 4 heteroatoms. The van der Waals surface area contributed by atoms with E-state index in [4.69, 9.17) is 0 Å². The van der Waals surface area contributed by atoms with Gasteiger partial charge in [-0.25, -0.2) is 0 Å². The Morgan fingerprint density at radius 1 is 1.08 bits per heavy atom. The highest BCUT2D eigenvalue weighted by Gasteiger charge is 2.40. The molecular formula is C20H23NO3. The van der Waals surface area contributed by atoms with Crippen molar-refractivity contribution in [2.24, 2.45) is 5.92 Å². The zero-order valence-electron chi connectivity index (χ0n) is 13.8. The van der Waals surface area contributed by atoms with Gasteiger partial charge in [0.15, 0.2) is 0 Å². The number of carbonyl (C=O) groups excluding carboxylic acids is 1. The summed E-state index contributed by atoms with van der Waals surface area (Å²) in [5.74, 6) is 0.246. The van der Waals surface area contributed by atoms with E-state index in [2.05, 4.69) is 4.90 Å². The van der Waals surface area contributed by atoms with Crippen molar-refractivity contribution in [1.82, 2.24) is 4.90 Å². The van der Waals surface area contributed by atoms with Crippen molar-refractivity contribution in [3.05, 3.63) is 65.7 Å². The van der Waals surface area contributed by atoms with E-state index < -0.39 is 0 Å². The molecule has 1 aliphatic heterocycles. The number of piperidine rings is 1. The predicted octanol–water partition coefficient (Wildman–Crippen LogP) is 2.91. The largest absolute Gasteiger partial charge is 0.508 e. The molecule has 3 rings (SSSR count). The Morgan fingerprint density at radius 3 is 2.38 bits per heavy atom. The normalized spacial score (nSPS) is 24.9. The Hall–Kier alpha value is -2.17. The minimum absolute atomic E-state index is 0.0409. The van der Waals surface area contributed by atoms with Gasteiger partial charge in [0.2, 0.25) is 0 Å². The summed E-state index contributed by atoms with van der Waals surface area (Å²) in [5, 5.41) is 19.4. The van der Waals surface area contributed by atoms with Crippen LogP contribution in [0.4, 0.5) is 0 Å². The van der Waals surface area contributed by atoms with Gasteiger partial charge in [-0.05, 0) is 23.3 Å². The van der Waals surface area contributed by atoms with Gasteiger partial charge in [0.25, 0.3) is 0 Å². The zero-order chi connectivity index (χ0) is 17.1. The van der Waals surface area contributed by atoms with Crippen LogP contribution in [0.15, 0.2) is 54.6 Å². The number of phenolic OH excluding ortho intramolecular Hbond substituents is 1. The summed E-state index contributed by atoms with van der Waals surface area (Å²) < 4.78 is 0. The number of phenols is 1. The second-order valence-corrected chi connectivity index (χ2v) is 6.47. The standard InChI is InChI=1S/C20H23NO3/c1-14-19(13-22)21(12-15-7-9-17(23)10-8-15)18(11-20(14)24)16-5-3-2-4-6-16/h2-10,14,18-19,22-23H,11-13H2,1H3/t14-,18-,19-/m0/s1. The van der Waals surface area contributed by atoms with Crippen molar-refractivity contribution in [2.75, 3.05) is 6.61 Å². The molecule has 0 saturated carbocycles. The van der Waals surface area contributed by atoms with Crippen LogP contribution in [0, 0.1) is 5.92 Å². The molecule has 2 aromatic carbocycles. The molecule has 0 radical (unpaired) electrons. The quantitative estimate of drug-likeness (QED) is 0.907. The molecular weight excluding hydrogens is 302 g/mol. The van der Waals surface area contributed by atoms with Crippen molar-refractivity contribution in [2.45, 2.75) is 32.0 Å². The topological polar surface area (TPSA) is 60.8 Å². The molecule has 1 fully saturated rings. The highest BCUT2D eigenvalue weighted by Crippen LogP contribution is 2.36. The maximum Gasteiger partial charge on any atom is 0.139 e. The zero-order valence-corrected chi connectivity index (χ0v) is 13.8. The summed E-state index contributed by atoms with van der Waals surface area (Å²) in [7, 11) is 0. The average Bonchev–Trinajstić information content (AvgIpc) is 2.61. The molecule has 0 aromatic heterocycles. The number of carbonyl (C=O) groups is 1. The van der Waals surface area contributed by atoms with E-state index in [9.17, 15) is 15.0 Å². The lowest BCUT2D eigenvalue weighted by Crippen LogP contribution is -2.51. The lowest BCUT2D eigenvalue weighted by atomic mass is 9.83. The molecule has 0 amide bonds. The van der Waals surface area contributed by atoms with Gasteiger partial charge in [-0.2, -0.15) is 0 Å². The number of hydrogen-bond acceptors (Lipinski definition) is 4. The fraction of sp³-hybridized carbons (Fsp3) is 0.350. The fourth-order valence-electron chi connectivity index (χ4n) is 3.51. The lowest BCUT2D eigenvalue weighted by molar-refractivity contribution is -0.133. The molecule has 24 heavy (non-hydrogen) atoms. The number of benzene rings is 2. The highest BCUT2D eigenvalue weighted by atomic mass is 16.3. The Labute approximate surface area is 142 Å². The number of ketones is 1. The number of hydrogen-bond donors (Lipinski definition) is 2. The van der Waals surface area contributed by atoms with Gasteiger partial charge in [-0.15, -0.1) is 0 Å². The van der Waals surface area contributed by atoms with Crippen LogP contribution in [0.1, 0.15) is 30.5 Å². The number of aliphatic hydroxyl groups is 1. The first-order valence-corrected chi connectivity index (χ1v) is 8.32. The number of aromatic hydroxyl groups is 1. The maximum absolute atomic E-state index is 12.4. The Morgan fingerprint density at radius 2 is 1.75 bits per heavy atom. The first-order valence-electron chi connectivity index (χ1n) is 8.32. The third kappa shape index (κ3) is 3.35. The number of aliphatic hydroxyl groups excluding tert-OH is 1. The van der Waals surface area contributed by atoms with Crippen molar-refractivity contribution in [3.63, 3.8) is 0 Å². The van der Waals surface area contributed by atoms with Gasteiger partial charge in [0, 0.05) is 31.0 Å². The van der Waals surface area contributed by atoms with Gasteiger partial charge >= 0.3 is 0 Å². The molecule has 0 spiro atoms. The number of Topliss-reactive ketones (excluding diaryl/α,β-unsaturated/α-hetero) is 1. The van der Waals surface area contributed by atoms with E-state index in [0.29, 0.717) is 13.0 Å². The molecule has 0 bridgehead atoms. The van der Waals surface area contributed by atoms with E-state index in [1.807, 2.05) is 49.4 Å². The number of nitrogens with zero attached hydrogens (tertiary/aromatic N) is 1. The Kier molecular flexibility index (Phi) is 4.97. The van der Waals surface area contributed by atoms with Crippen LogP contribution < -0.4 is 0 Å². The van der Waals surface area contributed by atoms with E-state index in [1.165, 1.54) is 0 Å². The molecule has 126 valence electrons. The second-order valence-electron chi connectivity index (χ2n) is 6.47. The molecule has 2 N–H and O–H groups in total. The summed E-state index contributed by atoms with van der Waals surface area (Å²) in [6, 6.07) is 16.8. The molecule has 1 aliphatic rings. The average molecular weight is 325 g/mol. The minimum atomic E-state index is -0.203. The third-order valence-corrected chi connectivity index (χ3v) is 4.98. The fourth-order valence-corrected chi connectivity index (χ4v) is 3.51. The Balaban J connectivity index is 1.94. The molecule has 1 heterocycles. The first-order chi connectivity index (χ1) is 11.6. The van der Waals surface area contributed by atoms with Crippen molar-refractivity contribution < 1.29 is 15.0 Å². The van der Waals surface area contributed by atoms with Crippen LogP contribution in [0.3, 0.4) is 0 Å². The maximum atomic E-state index is 12.4. The molecule has 0 aliphatic carbocycles. The SMILES string of the molecule is C[C@@H]1C(=O)C[C@@H](c2ccccc2)N(Cc2ccc(O)cc2)[C@H]1CO. The summed E-state index contributed by atoms with van der Waals surface area (Å²) in [6.45, 7) is 2.48. The van der Waals surface area contributed by atoms with Crippen LogP contribution in [0.5, 0.6) is 5.75 Å². The van der Waals surface area contributed by atoms with Gasteiger partial charge in [-0.3, -0.25) is 9.69 Å². The van der Waals surface area contributed by atoms with Gasteiger partial charge in [-0.1, -0.05) is 49.4 Å². The highest BCUT2D eigenvalue weighted by molar-refractivity contribution is 5.83. The predicted molar refractivity (Wildman–Crippen MR) is 92.5 cm³/mol. The summed E-state index contributed by atoms with van der Waals surface area (Å²) in [5.41, 5.74) is 2.14. The monoisotopic (exact) mass is 325 g/mol. The van der Waals surface area contributed by atoms with Crippen molar-refractivity contribution >= 4 is 5.78 Å². The summed E-state index contributed by atoms with van der Waals surface area (Å²) >= 11 is 0. The van der Waals surface area contributed by atoms with Crippen LogP contribution >= 0.6 is 0 Å². The molecule has 3 atom stereocenters. The smallest absolute Gasteiger partial charge is 0.139 e. The van der Waals surface area contributed by atoms with E-state index in [1.54, 1.807) is 12.1 Å². The van der Waals surface area contributed by atoms with Crippen molar-refractivity contribution in [3.8, 4) is 5.75 Å². The molecule has 4 nitrogen and oxygen atoms in total. The Bertz CT molecular complexity index is 684. The van der Waals surface area contributed by atoms with Crippen molar-refractivity contribution in [1.29, 1.82) is 0 Å².